The van der Waals surface area contributed by atoms with Gasteiger partial charge in [-0.15, -0.1) is 0 Å². The maximum absolute atomic E-state index is 11.6. The van der Waals surface area contributed by atoms with Crippen molar-refractivity contribution in [1.29, 1.82) is 0 Å². The number of rotatable bonds is 6. The fourth-order valence-electron chi connectivity index (χ4n) is 1.63. The number of carboxylic acids is 1. The molecule has 0 fully saturated rings. The Bertz CT molecular complexity index is 729. The predicted octanol–water partition coefficient (Wildman–Crippen LogP) is 2.57. The molecule has 0 saturated heterocycles. The quantitative estimate of drug-likeness (QED) is 0.628. The molecular formula is C16H13ClN2O4. The van der Waals surface area contributed by atoms with Gasteiger partial charge in [0.1, 0.15) is 5.75 Å². The van der Waals surface area contributed by atoms with Gasteiger partial charge in [0.2, 0.25) is 0 Å². The van der Waals surface area contributed by atoms with E-state index in [1.165, 1.54) is 18.3 Å². The number of ether oxygens (including phenoxy) is 1. The average Bonchev–Trinajstić information content (AvgIpc) is 2.53. The van der Waals surface area contributed by atoms with Crippen molar-refractivity contribution in [1.82, 2.24) is 5.43 Å². The van der Waals surface area contributed by atoms with Gasteiger partial charge in [0.25, 0.3) is 5.91 Å². The van der Waals surface area contributed by atoms with Gasteiger partial charge in [-0.2, -0.15) is 5.10 Å². The Kier molecular flexibility index (Phi) is 5.71. The summed E-state index contributed by atoms with van der Waals surface area (Å²) >= 11 is 5.80. The lowest BCUT2D eigenvalue weighted by Gasteiger charge is -2.04. The number of carbonyl (C=O) groups excluding carboxylic acids is 1. The van der Waals surface area contributed by atoms with Crippen molar-refractivity contribution in [3.05, 3.63) is 64.7 Å². The Hall–Kier alpha value is -2.86. The molecule has 0 saturated carbocycles. The molecule has 0 radical (unpaired) electrons. The fraction of sp³-hybridized carbons (Fsp3) is 0.0625. The zero-order chi connectivity index (χ0) is 16.7. The van der Waals surface area contributed by atoms with Crippen LogP contribution in [0.5, 0.6) is 5.75 Å². The van der Waals surface area contributed by atoms with Crippen molar-refractivity contribution in [2.75, 3.05) is 6.61 Å². The molecule has 0 bridgehead atoms. The van der Waals surface area contributed by atoms with Gasteiger partial charge in [-0.1, -0.05) is 29.8 Å². The Labute approximate surface area is 137 Å². The molecule has 0 spiro atoms. The Morgan fingerprint density at radius 2 is 1.96 bits per heavy atom. The van der Waals surface area contributed by atoms with Crippen molar-refractivity contribution in [2.24, 2.45) is 5.10 Å². The van der Waals surface area contributed by atoms with Crippen LogP contribution in [0, 0.1) is 0 Å². The molecule has 0 aromatic heterocycles. The Morgan fingerprint density at radius 3 is 2.61 bits per heavy atom. The summed E-state index contributed by atoms with van der Waals surface area (Å²) in [6.45, 7) is -0.199. The van der Waals surface area contributed by atoms with Crippen LogP contribution >= 0.6 is 11.6 Å². The number of carboxylic acid groups (broad SMARTS) is 1. The van der Waals surface area contributed by atoms with Gasteiger partial charge in [0.05, 0.1) is 11.8 Å². The monoisotopic (exact) mass is 332 g/mol. The van der Waals surface area contributed by atoms with E-state index < -0.39 is 11.9 Å². The van der Waals surface area contributed by atoms with Crippen LogP contribution in [0.2, 0.25) is 5.02 Å². The summed E-state index contributed by atoms with van der Waals surface area (Å²) in [5.41, 5.74) is 3.15. The number of nitrogens with zero attached hydrogens (tertiary/aromatic N) is 1. The molecule has 7 heteroatoms. The third-order valence-corrected chi connectivity index (χ3v) is 2.96. The molecule has 2 N–H and O–H groups in total. The smallest absolute Gasteiger partial charge is 0.335 e. The number of hydrazone groups is 1. The van der Waals surface area contributed by atoms with Crippen LogP contribution in [0.1, 0.15) is 15.9 Å². The van der Waals surface area contributed by atoms with E-state index in [4.69, 9.17) is 21.4 Å². The minimum atomic E-state index is -1.00. The summed E-state index contributed by atoms with van der Waals surface area (Å²) in [7, 11) is 0. The van der Waals surface area contributed by atoms with Crippen molar-refractivity contribution >= 4 is 29.7 Å². The highest BCUT2D eigenvalue weighted by molar-refractivity contribution is 6.30. The average molecular weight is 333 g/mol. The molecular weight excluding hydrogens is 320 g/mol. The molecule has 118 valence electrons. The zero-order valence-corrected chi connectivity index (χ0v) is 12.7. The summed E-state index contributed by atoms with van der Waals surface area (Å²) in [5, 5.41) is 13.1. The van der Waals surface area contributed by atoms with Crippen LogP contribution in [0.4, 0.5) is 0 Å². The molecule has 1 amide bonds. The molecule has 2 aromatic rings. The molecule has 2 rings (SSSR count). The van der Waals surface area contributed by atoms with Crippen molar-refractivity contribution < 1.29 is 19.4 Å². The lowest BCUT2D eigenvalue weighted by molar-refractivity contribution is -0.123. The molecule has 0 atom stereocenters. The van der Waals surface area contributed by atoms with E-state index in [0.717, 1.165) is 0 Å². The second-order valence-electron chi connectivity index (χ2n) is 4.47. The zero-order valence-electron chi connectivity index (χ0n) is 11.9. The lowest BCUT2D eigenvalue weighted by Crippen LogP contribution is -2.24. The van der Waals surface area contributed by atoms with E-state index in [1.807, 2.05) is 0 Å². The highest BCUT2D eigenvalue weighted by atomic mass is 35.5. The van der Waals surface area contributed by atoms with Gasteiger partial charge in [0.15, 0.2) is 6.61 Å². The molecule has 23 heavy (non-hydrogen) atoms. The number of benzene rings is 2. The maximum Gasteiger partial charge on any atom is 0.335 e. The number of carbonyl (C=O) groups is 2. The van der Waals surface area contributed by atoms with E-state index in [0.29, 0.717) is 16.3 Å². The molecule has 0 aliphatic rings. The SMILES string of the molecule is O=C(COc1cccc(Cl)c1)N/N=C/c1ccc(C(=O)O)cc1. The minimum absolute atomic E-state index is 0.182. The Balaban J connectivity index is 1.80. The molecule has 0 aliphatic heterocycles. The number of hydrogen-bond donors (Lipinski definition) is 2. The summed E-state index contributed by atoms with van der Waals surface area (Å²) < 4.78 is 5.26. The van der Waals surface area contributed by atoms with Crippen LogP contribution < -0.4 is 10.2 Å². The van der Waals surface area contributed by atoms with Crippen LogP contribution in [0.25, 0.3) is 0 Å². The van der Waals surface area contributed by atoms with E-state index in [9.17, 15) is 9.59 Å². The summed E-state index contributed by atoms with van der Waals surface area (Å²) in [6, 6.07) is 12.8. The second-order valence-corrected chi connectivity index (χ2v) is 4.90. The van der Waals surface area contributed by atoms with Gasteiger partial charge in [-0.3, -0.25) is 4.79 Å². The van der Waals surface area contributed by atoms with E-state index in [-0.39, 0.29) is 12.2 Å². The summed E-state index contributed by atoms with van der Waals surface area (Å²) in [6.07, 6.45) is 1.41. The summed E-state index contributed by atoms with van der Waals surface area (Å²) in [4.78, 5) is 22.3. The number of nitrogens with one attached hydrogen (secondary N) is 1. The van der Waals surface area contributed by atoms with E-state index >= 15 is 0 Å². The molecule has 0 unspecified atom stereocenters. The largest absolute Gasteiger partial charge is 0.484 e. The normalized spacial score (nSPS) is 10.5. The molecule has 2 aromatic carbocycles. The first-order valence-electron chi connectivity index (χ1n) is 6.58. The van der Waals surface area contributed by atoms with Gasteiger partial charge in [0, 0.05) is 5.02 Å². The van der Waals surface area contributed by atoms with Gasteiger partial charge < -0.3 is 9.84 Å². The molecule has 6 nitrogen and oxygen atoms in total. The van der Waals surface area contributed by atoms with Crippen molar-refractivity contribution in [3.63, 3.8) is 0 Å². The van der Waals surface area contributed by atoms with Crippen LogP contribution in [-0.2, 0) is 4.79 Å². The first-order chi connectivity index (χ1) is 11.0. The third-order valence-electron chi connectivity index (χ3n) is 2.73. The standard InChI is InChI=1S/C16H13ClN2O4/c17-13-2-1-3-14(8-13)23-10-15(20)19-18-9-11-4-6-12(7-5-11)16(21)22/h1-9H,10H2,(H,19,20)(H,21,22)/b18-9+. The number of halogens is 1. The predicted molar refractivity (Wildman–Crippen MR) is 86.1 cm³/mol. The van der Waals surface area contributed by atoms with Crippen LogP contribution in [0.3, 0.4) is 0 Å². The second kappa shape index (κ2) is 7.95. The first-order valence-corrected chi connectivity index (χ1v) is 6.96. The summed E-state index contributed by atoms with van der Waals surface area (Å²) in [5.74, 6) is -0.941. The first kappa shape index (κ1) is 16.5. The fourth-order valence-corrected chi connectivity index (χ4v) is 1.81. The van der Waals surface area contributed by atoms with Crippen molar-refractivity contribution in [3.8, 4) is 5.75 Å². The maximum atomic E-state index is 11.6. The Morgan fingerprint density at radius 1 is 1.22 bits per heavy atom. The third kappa shape index (κ3) is 5.44. The number of hydrogen-bond acceptors (Lipinski definition) is 4. The highest BCUT2D eigenvalue weighted by Gasteiger charge is 2.02. The molecule has 0 aliphatic carbocycles. The van der Waals surface area contributed by atoms with E-state index in [2.05, 4.69) is 10.5 Å². The number of amides is 1. The van der Waals surface area contributed by atoms with Gasteiger partial charge in [-0.25, -0.2) is 10.2 Å². The van der Waals surface area contributed by atoms with Crippen LogP contribution in [-0.4, -0.2) is 29.8 Å². The topological polar surface area (TPSA) is 88.0 Å². The van der Waals surface area contributed by atoms with E-state index in [1.54, 1.807) is 36.4 Å². The van der Waals surface area contributed by atoms with Gasteiger partial charge >= 0.3 is 5.97 Å². The van der Waals surface area contributed by atoms with Crippen LogP contribution in [0.15, 0.2) is 53.6 Å². The lowest BCUT2D eigenvalue weighted by atomic mass is 10.1. The van der Waals surface area contributed by atoms with Gasteiger partial charge in [-0.05, 0) is 35.9 Å². The minimum Gasteiger partial charge on any atom is -0.484 e. The number of aromatic carboxylic acids is 1. The van der Waals surface area contributed by atoms with Crippen molar-refractivity contribution in [2.45, 2.75) is 0 Å². The molecule has 0 heterocycles. The highest BCUT2D eigenvalue weighted by Crippen LogP contribution is 2.16.